The first kappa shape index (κ1) is 18.4. The van der Waals surface area contributed by atoms with Crippen LogP contribution < -0.4 is 21.0 Å². The second-order valence-corrected chi connectivity index (χ2v) is 5.88. The Labute approximate surface area is 155 Å². The van der Waals surface area contributed by atoms with Gasteiger partial charge in [-0.2, -0.15) is 5.10 Å². The van der Waals surface area contributed by atoms with Crippen LogP contribution in [0.2, 0.25) is 0 Å². The van der Waals surface area contributed by atoms with Gasteiger partial charge in [0.2, 0.25) is 5.91 Å². The zero-order valence-electron chi connectivity index (χ0n) is 14.7. The maximum Gasteiger partial charge on any atom is 0.315 e. The van der Waals surface area contributed by atoms with Crippen LogP contribution in [0.4, 0.5) is 10.5 Å². The van der Waals surface area contributed by atoms with Crippen molar-refractivity contribution in [1.29, 1.82) is 0 Å². The van der Waals surface area contributed by atoms with Gasteiger partial charge in [-0.25, -0.2) is 14.8 Å². The number of nitrogens with one attached hydrogen (secondary N) is 3. The zero-order valence-corrected chi connectivity index (χ0v) is 14.7. The van der Waals surface area contributed by atoms with Crippen molar-refractivity contribution in [3.05, 3.63) is 30.3 Å². The Bertz CT molecular complexity index is 779. The van der Waals surface area contributed by atoms with Crippen LogP contribution in [-0.4, -0.2) is 56.3 Å². The molecule has 0 radical (unpaired) electrons. The summed E-state index contributed by atoms with van der Waals surface area (Å²) in [5.41, 5.74) is 0.826. The number of fused-ring (bicyclic) bond motifs is 1. The van der Waals surface area contributed by atoms with Crippen molar-refractivity contribution in [3.63, 3.8) is 0 Å². The van der Waals surface area contributed by atoms with Crippen molar-refractivity contribution in [2.24, 2.45) is 16.0 Å². The summed E-state index contributed by atoms with van der Waals surface area (Å²) >= 11 is 0. The number of esters is 1. The van der Waals surface area contributed by atoms with E-state index in [0.29, 0.717) is 5.84 Å². The molecule has 3 N–H and O–H groups in total. The van der Waals surface area contributed by atoms with Crippen LogP contribution in [0.3, 0.4) is 0 Å². The molecule has 0 saturated heterocycles. The molecule has 0 aliphatic carbocycles. The van der Waals surface area contributed by atoms with E-state index in [1.165, 1.54) is 7.11 Å². The van der Waals surface area contributed by atoms with Crippen molar-refractivity contribution >= 4 is 35.6 Å². The Morgan fingerprint density at radius 1 is 1.26 bits per heavy atom. The second kappa shape index (κ2) is 8.30. The SMILES string of the molecule is COC(=O)CCNC(=O)NCC1=N[C@@H]2[C@H](C=NN2c2ccccc2)C(=O)N1. The van der Waals surface area contributed by atoms with Gasteiger partial charge in [0.05, 0.1) is 25.8 Å². The largest absolute Gasteiger partial charge is 0.469 e. The average molecular weight is 372 g/mol. The monoisotopic (exact) mass is 372 g/mol. The van der Waals surface area contributed by atoms with Gasteiger partial charge in [-0.3, -0.25) is 9.59 Å². The first-order chi connectivity index (χ1) is 13.1. The van der Waals surface area contributed by atoms with Gasteiger partial charge in [0.15, 0.2) is 6.17 Å². The number of rotatable bonds is 6. The van der Waals surface area contributed by atoms with Crippen LogP contribution in [0.5, 0.6) is 0 Å². The third-order valence-electron chi connectivity index (χ3n) is 4.06. The molecule has 2 atom stereocenters. The molecule has 0 aromatic heterocycles. The van der Waals surface area contributed by atoms with Gasteiger partial charge in [0.25, 0.3) is 0 Å². The van der Waals surface area contributed by atoms with E-state index < -0.39 is 24.1 Å². The summed E-state index contributed by atoms with van der Waals surface area (Å²) in [5.74, 6) is -0.772. The van der Waals surface area contributed by atoms with E-state index in [4.69, 9.17) is 0 Å². The molecule has 0 spiro atoms. The number of hydrazone groups is 1. The first-order valence-electron chi connectivity index (χ1n) is 8.43. The van der Waals surface area contributed by atoms with Crippen LogP contribution >= 0.6 is 0 Å². The van der Waals surface area contributed by atoms with Crippen molar-refractivity contribution in [1.82, 2.24) is 16.0 Å². The van der Waals surface area contributed by atoms with Crippen molar-refractivity contribution in [2.45, 2.75) is 12.6 Å². The van der Waals surface area contributed by atoms with E-state index >= 15 is 0 Å². The molecule has 0 fully saturated rings. The summed E-state index contributed by atoms with van der Waals surface area (Å²) < 4.78 is 4.49. The molecule has 1 aromatic rings. The lowest BCUT2D eigenvalue weighted by atomic mass is 10.1. The summed E-state index contributed by atoms with van der Waals surface area (Å²) in [6.45, 7) is 0.194. The molecule has 0 saturated carbocycles. The highest BCUT2D eigenvalue weighted by Gasteiger charge is 2.40. The Morgan fingerprint density at radius 3 is 2.78 bits per heavy atom. The summed E-state index contributed by atoms with van der Waals surface area (Å²) in [4.78, 5) is 39.6. The number of ether oxygens (including phenoxy) is 1. The lowest BCUT2D eigenvalue weighted by molar-refractivity contribution is -0.140. The lowest BCUT2D eigenvalue weighted by Gasteiger charge is -2.28. The normalized spacial score (nSPS) is 20.4. The van der Waals surface area contributed by atoms with Crippen LogP contribution in [0.25, 0.3) is 0 Å². The molecular formula is C17H20N6O4. The first-order valence-corrected chi connectivity index (χ1v) is 8.43. The number of para-hydroxylation sites is 1. The molecule has 142 valence electrons. The van der Waals surface area contributed by atoms with Gasteiger partial charge < -0.3 is 20.7 Å². The lowest BCUT2D eigenvalue weighted by Crippen LogP contribution is -2.52. The van der Waals surface area contributed by atoms with Gasteiger partial charge >= 0.3 is 12.0 Å². The summed E-state index contributed by atoms with van der Waals surface area (Å²) in [6.07, 6.45) is 1.16. The molecule has 3 rings (SSSR count). The summed E-state index contributed by atoms with van der Waals surface area (Å²) in [6, 6.07) is 8.95. The average Bonchev–Trinajstić information content (AvgIpc) is 3.11. The number of amides is 3. The number of urea groups is 1. The Kier molecular flexibility index (Phi) is 5.64. The highest BCUT2D eigenvalue weighted by atomic mass is 16.5. The third kappa shape index (κ3) is 4.40. The Morgan fingerprint density at radius 2 is 2.04 bits per heavy atom. The van der Waals surface area contributed by atoms with E-state index in [1.807, 2.05) is 30.3 Å². The molecule has 2 aliphatic rings. The molecule has 2 heterocycles. The fourth-order valence-electron chi connectivity index (χ4n) is 2.69. The van der Waals surface area contributed by atoms with Crippen LogP contribution in [0.1, 0.15) is 6.42 Å². The van der Waals surface area contributed by atoms with E-state index in [0.717, 1.165) is 5.69 Å². The van der Waals surface area contributed by atoms with Crippen LogP contribution in [0, 0.1) is 5.92 Å². The van der Waals surface area contributed by atoms with Gasteiger partial charge in [-0.05, 0) is 12.1 Å². The molecule has 3 amide bonds. The van der Waals surface area contributed by atoms with Gasteiger partial charge in [0, 0.05) is 12.8 Å². The number of carbonyl (C=O) groups excluding carboxylic acids is 3. The molecule has 10 nitrogen and oxygen atoms in total. The van der Waals surface area contributed by atoms with Gasteiger partial charge in [-0.15, -0.1) is 0 Å². The Hall–Kier alpha value is -3.43. The van der Waals surface area contributed by atoms with Crippen LogP contribution in [0.15, 0.2) is 40.4 Å². The van der Waals surface area contributed by atoms with E-state index in [1.54, 1.807) is 11.2 Å². The van der Waals surface area contributed by atoms with Gasteiger partial charge in [0.1, 0.15) is 11.8 Å². The van der Waals surface area contributed by atoms with Crippen molar-refractivity contribution in [3.8, 4) is 0 Å². The molecule has 0 unspecified atom stereocenters. The fraction of sp³-hybridized carbons (Fsp3) is 0.353. The number of benzene rings is 1. The van der Waals surface area contributed by atoms with E-state index in [9.17, 15) is 14.4 Å². The second-order valence-electron chi connectivity index (χ2n) is 5.88. The van der Waals surface area contributed by atoms with E-state index in [-0.39, 0.29) is 25.4 Å². The minimum atomic E-state index is -0.486. The molecule has 0 bridgehead atoms. The van der Waals surface area contributed by atoms with Crippen molar-refractivity contribution in [2.75, 3.05) is 25.2 Å². The smallest absolute Gasteiger partial charge is 0.315 e. The minimum Gasteiger partial charge on any atom is -0.469 e. The molecule has 27 heavy (non-hydrogen) atoms. The van der Waals surface area contributed by atoms with Gasteiger partial charge in [-0.1, -0.05) is 18.2 Å². The topological polar surface area (TPSA) is 124 Å². The summed E-state index contributed by atoms with van der Waals surface area (Å²) in [5, 5.41) is 13.8. The quantitative estimate of drug-likeness (QED) is 0.598. The number of aliphatic imine (C=N–C) groups is 1. The number of methoxy groups -OCH3 is 1. The van der Waals surface area contributed by atoms with Crippen LogP contribution in [-0.2, 0) is 14.3 Å². The standard InChI is InChI=1S/C17H20N6O4/c1-27-14(24)7-8-18-17(26)19-10-13-21-15-12(16(25)22-13)9-20-23(15)11-5-3-2-4-6-11/h2-6,9,12,15H,7-8,10H2,1H3,(H2,18,19,26)(H,21,22,25)/t12-,15-/m0/s1. The Balaban J connectivity index is 1.58. The third-order valence-corrected chi connectivity index (χ3v) is 4.06. The summed E-state index contributed by atoms with van der Waals surface area (Å²) in [7, 11) is 1.28. The predicted molar refractivity (Wildman–Crippen MR) is 98.3 cm³/mol. The minimum absolute atomic E-state index is 0.0433. The maximum absolute atomic E-state index is 12.3. The highest BCUT2D eigenvalue weighted by molar-refractivity contribution is 6.09. The number of hydrogen-bond donors (Lipinski definition) is 3. The molecule has 2 aliphatic heterocycles. The molecular weight excluding hydrogens is 352 g/mol. The number of nitrogens with zero attached hydrogens (tertiary/aromatic N) is 3. The van der Waals surface area contributed by atoms with E-state index in [2.05, 4.69) is 30.8 Å². The molecule has 1 aromatic carbocycles. The number of hydrogen-bond acceptors (Lipinski definition) is 7. The zero-order chi connectivity index (χ0) is 19.2. The predicted octanol–water partition coefficient (Wildman–Crippen LogP) is -0.175. The van der Waals surface area contributed by atoms with Crippen molar-refractivity contribution < 1.29 is 19.1 Å². The number of amidine groups is 1. The molecule has 10 heteroatoms. The maximum atomic E-state index is 12.3. The number of anilines is 1. The highest BCUT2D eigenvalue weighted by Crippen LogP contribution is 2.27. The fourth-order valence-corrected chi connectivity index (χ4v) is 2.69. The number of carbonyl (C=O) groups is 3.